The van der Waals surface area contributed by atoms with Crippen LogP contribution in [0.1, 0.15) is 66.2 Å². The van der Waals surface area contributed by atoms with Crippen LogP contribution in [0.3, 0.4) is 0 Å². The molecule has 0 N–H and O–H groups in total. The van der Waals surface area contributed by atoms with Gasteiger partial charge in [-0.05, 0) is 50.9 Å². The van der Waals surface area contributed by atoms with E-state index >= 15 is 0 Å². The largest absolute Gasteiger partial charge is 0.371 e. The van der Waals surface area contributed by atoms with Crippen LogP contribution in [-0.4, -0.2) is 11.7 Å². The van der Waals surface area contributed by atoms with E-state index in [9.17, 15) is 0 Å². The predicted octanol–water partition coefficient (Wildman–Crippen LogP) is 4.16. The Morgan fingerprint density at radius 1 is 1.33 bits per heavy atom. The van der Waals surface area contributed by atoms with Crippen molar-refractivity contribution >= 4 is 0 Å². The highest BCUT2D eigenvalue weighted by Crippen LogP contribution is 2.57. The van der Waals surface area contributed by atoms with Crippen LogP contribution in [0.15, 0.2) is 0 Å². The average molecular weight is 210 g/mol. The molecule has 1 saturated heterocycles. The average Bonchev–Trinajstić information content (AvgIpc) is 2.41. The molecule has 2 fully saturated rings. The van der Waals surface area contributed by atoms with Crippen LogP contribution in [0.25, 0.3) is 0 Å². The highest BCUT2D eigenvalue weighted by atomic mass is 16.5. The summed E-state index contributed by atoms with van der Waals surface area (Å²) in [5, 5.41) is 0. The minimum Gasteiger partial charge on any atom is -0.371 e. The van der Waals surface area contributed by atoms with Crippen LogP contribution in [0, 0.1) is 11.3 Å². The third-order valence-corrected chi connectivity index (χ3v) is 5.16. The molecule has 15 heavy (non-hydrogen) atoms. The Hall–Kier alpha value is -0.0400. The van der Waals surface area contributed by atoms with E-state index in [0.29, 0.717) is 11.5 Å². The molecule has 88 valence electrons. The van der Waals surface area contributed by atoms with Gasteiger partial charge in [0.1, 0.15) is 0 Å². The molecule has 0 spiro atoms. The molecule has 2 aliphatic rings. The predicted molar refractivity (Wildman–Crippen MR) is 63.9 cm³/mol. The maximum atomic E-state index is 6.29. The maximum absolute atomic E-state index is 6.29. The zero-order valence-electron chi connectivity index (χ0n) is 10.8. The summed E-state index contributed by atoms with van der Waals surface area (Å²) in [5.74, 6) is 0.747. The van der Waals surface area contributed by atoms with Crippen molar-refractivity contribution in [3.8, 4) is 0 Å². The molecule has 1 nitrogen and oxygen atoms in total. The Morgan fingerprint density at radius 2 is 2.07 bits per heavy atom. The van der Waals surface area contributed by atoms with Crippen molar-refractivity contribution in [3.63, 3.8) is 0 Å². The van der Waals surface area contributed by atoms with Crippen LogP contribution in [0.5, 0.6) is 0 Å². The lowest BCUT2D eigenvalue weighted by molar-refractivity contribution is -0.0547. The SMILES string of the molecule is CCCCC12CCC(C)C(C)(C1)OC2C. The van der Waals surface area contributed by atoms with Crippen molar-refractivity contribution in [2.75, 3.05) is 0 Å². The molecule has 0 aromatic heterocycles. The molecular weight excluding hydrogens is 184 g/mol. The molecule has 1 heterocycles. The summed E-state index contributed by atoms with van der Waals surface area (Å²) in [7, 11) is 0. The molecule has 1 saturated carbocycles. The third-order valence-electron chi connectivity index (χ3n) is 5.16. The van der Waals surface area contributed by atoms with E-state index in [0.717, 1.165) is 5.92 Å². The van der Waals surface area contributed by atoms with Gasteiger partial charge in [-0.3, -0.25) is 0 Å². The maximum Gasteiger partial charge on any atom is 0.0690 e. The molecule has 1 heteroatoms. The van der Waals surface area contributed by atoms with E-state index in [1.54, 1.807) is 0 Å². The normalized spacial score (nSPS) is 49.6. The minimum atomic E-state index is 0.186. The number of hydrogen-bond acceptors (Lipinski definition) is 1. The minimum absolute atomic E-state index is 0.186. The molecule has 1 aliphatic heterocycles. The molecule has 1 aliphatic carbocycles. The van der Waals surface area contributed by atoms with Gasteiger partial charge in [-0.25, -0.2) is 0 Å². The number of fused-ring (bicyclic) bond motifs is 2. The van der Waals surface area contributed by atoms with Crippen molar-refractivity contribution < 1.29 is 4.74 Å². The summed E-state index contributed by atoms with van der Waals surface area (Å²) in [5.41, 5.74) is 0.711. The molecule has 0 amide bonds. The van der Waals surface area contributed by atoms with E-state index in [4.69, 9.17) is 4.74 Å². The van der Waals surface area contributed by atoms with E-state index in [1.807, 2.05) is 0 Å². The van der Waals surface area contributed by atoms with Crippen molar-refractivity contribution in [2.24, 2.45) is 11.3 Å². The number of ether oxygens (including phenoxy) is 1. The van der Waals surface area contributed by atoms with E-state index in [2.05, 4.69) is 27.7 Å². The van der Waals surface area contributed by atoms with E-state index in [1.165, 1.54) is 38.5 Å². The molecule has 2 rings (SSSR count). The van der Waals surface area contributed by atoms with Crippen LogP contribution in [0.2, 0.25) is 0 Å². The first-order valence-corrected chi connectivity index (χ1v) is 6.70. The van der Waals surface area contributed by atoms with Crippen LogP contribution in [-0.2, 0) is 4.74 Å². The van der Waals surface area contributed by atoms with Crippen LogP contribution < -0.4 is 0 Å². The van der Waals surface area contributed by atoms with Crippen LogP contribution >= 0.6 is 0 Å². The molecule has 2 bridgehead atoms. The summed E-state index contributed by atoms with van der Waals surface area (Å²) in [6.07, 6.45) is 8.63. The highest BCUT2D eigenvalue weighted by molar-refractivity contribution is 5.05. The van der Waals surface area contributed by atoms with Crippen molar-refractivity contribution in [3.05, 3.63) is 0 Å². The second-order valence-corrected chi connectivity index (χ2v) is 6.16. The zero-order chi connectivity index (χ0) is 11.1. The van der Waals surface area contributed by atoms with Gasteiger partial charge >= 0.3 is 0 Å². The standard InChI is InChI=1S/C14H26O/c1-5-6-8-14-9-7-11(2)13(4,10-14)15-12(14)3/h11-12H,5-10H2,1-4H3. The summed E-state index contributed by atoms with van der Waals surface area (Å²) >= 11 is 0. The van der Waals surface area contributed by atoms with Crippen LogP contribution in [0.4, 0.5) is 0 Å². The van der Waals surface area contributed by atoms with Gasteiger partial charge < -0.3 is 4.74 Å². The first-order valence-electron chi connectivity index (χ1n) is 6.70. The second kappa shape index (κ2) is 3.76. The Labute approximate surface area is 94.6 Å². The number of unbranched alkanes of at least 4 members (excludes halogenated alkanes) is 1. The molecular formula is C14H26O. The lowest BCUT2D eigenvalue weighted by atomic mass is 9.63. The smallest absolute Gasteiger partial charge is 0.0690 e. The fourth-order valence-corrected chi connectivity index (χ4v) is 3.75. The summed E-state index contributed by atoms with van der Waals surface area (Å²) in [4.78, 5) is 0. The summed E-state index contributed by atoms with van der Waals surface area (Å²) < 4.78 is 6.29. The quantitative estimate of drug-likeness (QED) is 0.679. The fourth-order valence-electron chi connectivity index (χ4n) is 3.75. The van der Waals surface area contributed by atoms with Gasteiger partial charge in [-0.1, -0.05) is 26.7 Å². The number of hydrogen-bond donors (Lipinski definition) is 0. The molecule has 4 unspecified atom stereocenters. The Balaban J connectivity index is 2.14. The van der Waals surface area contributed by atoms with Gasteiger partial charge in [0.2, 0.25) is 0 Å². The fraction of sp³-hybridized carbons (Fsp3) is 1.00. The Bertz CT molecular complexity index is 233. The summed E-state index contributed by atoms with van der Waals surface area (Å²) in [6.45, 7) is 9.30. The monoisotopic (exact) mass is 210 g/mol. The van der Waals surface area contributed by atoms with Crippen molar-refractivity contribution in [1.29, 1.82) is 0 Å². The van der Waals surface area contributed by atoms with Gasteiger partial charge in [0.05, 0.1) is 11.7 Å². The molecule has 0 aromatic rings. The van der Waals surface area contributed by atoms with Gasteiger partial charge in [0.15, 0.2) is 0 Å². The van der Waals surface area contributed by atoms with Crippen molar-refractivity contribution in [1.82, 2.24) is 0 Å². The summed E-state index contributed by atoms with van der Waals surface area (Å²) in [6, 6.07) is 0. The first kappa shape index (κ1) is 11.4. The lowest BCUT2D eigenvalue weighted by Gasteiger charge is -2.40. The molecule has 0 aromatic carbocycles. The van der Waals surface area contributed by atoms with Gasteiger partial charge in [0, 0.05) is 0 Å². The van der Waals surface area contributed by atoms with Gasteiger partial charge in [-0.2, -0.15) is 0 Å². The first-order chi connectivity index (χ1) is 7.02. The topological polar surface area (TPSA) is 9.23 Å². The zero-order valence-corrected chi connectivity index (χ0v) is 10.8. The van der Waals surface area contributed by atoms with Gasteiger partial charge in [-0.15, -0.1) is 0 Å². The van der Waals surface area contributed by atoms with E-state index < -0.39 is 0 Å². The Morgan fingerprint density at radius 3 is 2.73 bits per heavy atom. The number of rotatable bonds is 3. The lowest BCUT2D eigenvalue weighted by Crippen LogP contribution is -2.38. The third kappa shape index (κ3) is 1.73. The molecule has 0 radical (unpaired) electrons. The van der Waals surface area contributed by atoms with Crippen molar-refractivity contribution in [2.45, 2.75) is 77.9 Å². The molecule has 4 atom stereocenters. The second-order valence-electron chi connectivity index (χ2n) is 6.16. The van der Waals surface area contributed by atoms with E-state index in [-0.39, 0.29) is 5.60 Å². The highest BCUT2D eigenvalue weighted by Gasteiger charge is 2.56. The van der Waals surface area contributed by atoms with Gasteiger partial charge in [0.25, 0.3) is 0 Å². The Kier molecular flexibility index (Phi) is 2.87.